The van der Waals surface area contributed by atoms with Crippen molar-refractivity contribution in [2.45, 2.75) is 33.1 Å². The Hall–Kier alpha value is -3.74. The molecule has 3 aromatic rings. The van der Waals surface area contributed by atoms with Crippen molar-refractivity contribution >= 4 is 17.6 Å². The number of anilines is 1. The number of benzene rings is 2. The quantitative estimate of drug-likeness (QED) is 0.563. The van der Waals surface area contributed by atoms with Crippen LogP contribution in [0.1, 0.15) is 41.4 Å². The van der Waals surface area contributed by atoms with Crippen LogP contribution in [-0.4, -0.2) is 28.3 Å². The Morgan fingerprint density at radius 1 is 1.06 bits per heavy atom. The molecule has 31 heavy (non-hydrogen) atoms. The van der Waals surface area contributed by atoms with Crippen LogP contribution in [0, 0.1) is 6.92 Å². The van der Waals surface area contributed by atoms with Crippen molar-refractivity contribution in [3.05, 3.63) is 87.8 Å². The van der Waals surface area contributed by atoms with Crippen molar-refractivity contribution in [3.63, 3.8) is 0 Å². The van der Waals surface area contributed by atoms with E-state index in [9.17, 15) is 14.4 Å². The molecule has 1 amide bonds. The second-order valence-corrected chi connectivity index (χ2v) is 7.10. The highest BCUT2D eigenvalue weighted by molar-refractivity contribution is 5.99. The Balaban J connectivity index is 1.80. The summed E-state index contributed by atoms with van der Waals surface area (Å²) in [6, 6.07) is 18.2. The molecule has 3 rings (SSSR count). The van der Waals surface area contributed by atoms with Gasteiger partial charge in [-0.2, -0.15) is 9.78 Å². The zero-order chi connectivity index (χ0) is 22.2. The van der Waals surface area contributed by atoms with Gasteiger partial charge in [0, 0.05) is 12.5 Å². The molecule has 0 saturated heterocycles. The van der Waals surface area contributed by atoms with Crippen LogP contribution in [0.3, 0.4) is 0 Å². The number of esters is 1. The Labute approximate surface area is 180 Å². The first-order chi connectivity index (χ1) is 15.0. The smallest absolute Gasteiger partial charge is 0.360 e. The maximum Gasteiger partial charge on any atom is 0.360 e. The second kappa shape index (κ2) is 10.3. The molecule has 0 radical (unpaired) electrons. The predicted octanol–water partition coefficient (Wildman–Crippen LogP) is 3.68. The van der Waals surface area contributed by atoms with E-state index in [2.05, 4.69) is 10.4 Å². The van der Waals surface area contributed by atoms with Crippen molar-refractivity contribution in [2.75, 3.05) is 11.9 Å². The van der Waals surface area contributed by atoms with Crippen LogP contribution >= 0.6 is 0 Å². The van der Waals surface area contributed by atoms with Crippen molar-refractivity contribution < 1.29 is 14.3 Å². The minimum absolute atomic E-state index is 0.0523. The summed E-state index contributed by atoms with van der Waals surface area (Å²) < 4.78 is 6.19. The summed E-state index contributed by atoms with van der Waals surface area (Å²) in [6.45, 7) is 3.75. The van der Waals surface area contributed by atoms with Crippen LogP contribution in [0.2, 0.25) is 0 Å². The number of aromatic nitrogens is 2. The molecule has 0 fully saturated rings. The molecular weight excluding hydrogens is 394 g/mol. The Bertz CT molecular complexity index is 1110. The van der Waals surface area contributed by atoms with E-state index in [1.165, 1.54) is 6.07 Å². The first-order valence-electron chi connectivity index (χ1n) is 10.2. The lowest BCUT2D eigenvalue weighted by molar-refractivity contribution is -0.116. The minimum Gasteiger partial charge on any atom is -0.461 e. The maximum atomic E-state index is 12.6. The van der Waals surface area contributed by atoms with Crippen LogP contribution in [0.4, 0.5) is 5.69 Å². The fraction of sp³-hybridized carbons (Fsp3) is 0.250. The van der Waals surface area contributed by atoms with E-state index in [1.807, 2.05) is 49.4 Å². The number of rotatable bonds is 8. The molecule has 7 heteroatoms. The Kier molecular flexibility index (Phi) is 7.32. The molecular formula is C24H25N3O4. The second-order valence-electron chi connectivity index (χ2n) is 7.10. The molecule has 7 nitrogen and oxygen atoms in total. The van der Waals surface area contributed by atoms with E-state index in [4.69, 9.17) is 4.74 Å². The molecule has 1 heterocycles. The standard InChI is InChI=1S/C24H25N3O4/c1-3-31-24(30)23-20(25-21(28)11-7-10-18-8-5-4-6-9-18)16-22(29)27(26-23)19-14-12-17(2)13-15-19/h4-6,8-9,12-16H,3,7,10-11H2,1-2H3,(H,25,28). The number of hydrogen-bond acceptors (Lipinski definition) is 5. The lowest BCUT2D eigenvalue weighted by atomic mass is 10.1. The summed E-state index contributed by atoms with van der Waals surface area (Å²) >= 11 is 0. The lowest BCUT2D eigenvalue weighted by Gasteiger charge is -2.12. The molecule has 1 N–H and O–H groups in total. The zero-order valence-electron chi connectivity index (χ0n) is 17.6. The summed E-state index contributed by atoms with van der Waals surface area (Å²) in [7, 11) is 0. The molecule has 160 valence electrons. The summed E-state index contributed by atoms with van der Waals surface area (Å²) in [4.78, 5) is 37.5. The van der Waals surface area contributed by atoms with E-state index in [-0.39, 0.29) is 30.3 Å². The highest BCUT2D eigenvalue weighted by Gasteiger charge is 2.20. The summed E-state index contributed by atoms with van der Waals surface area (Å²) in [6.07, 6.45) is 1.64. The SMILES string of the molecule is CCOC(=O)c1nn(-c2ccc(C)cc2)c(=O)cc1NC(=O)CCCc1ccccc1. The van der Waals surface area contributed by atoms with Gasteiger partial charge in [-0.25, -0.2) is 4.79 Å². The van der Waals surface area contributed by atoms with Gasteiger partial charge in [0.25, 0.3) is 5.56 Å². The molecule has 0 unspecified atom stereocenters. The van der Waals surface area contributed by atoms with Crippen LogP contribution in [0.15, 0.2) is 65.5 Å². The average molecular weight is 419 g/mol. The summed E-state index contributed by atoms with van der Waals surface area (Å²) in [5.41, 5.74) is 2.17. The van der Waals surface area contributed by atoms with Gasteiger partial charge in [0.1, 0.15) is 0 Å². The molecule has 0 atom stereocenters. The number of ether oxygens (including phenoxy) is 1. The van der Waals surface area contributed by atoms with E-state index in [1.54, 1.807) is 19.1 Å². The number of nitrogens with one attached hydrogen (secondary N) is 1. The Morgan fingerprint density at radius 2 is 1.77 bits per heavy atom. The lowest BCUT2D eigenvalue weighted by Crippen LogP contribution is -2.27. The van der Waals surface area contributed by atoms with Gasteiger partial charge in [-0.1, -0.05) is 48.0 Å². The average Bonchev–Trinajstić information content (AvgIpc) is 2.75. The van der Waals surface area contributed by atoms with Crippen LogP contribution in [-0.2, 0) is 16.0 Å². The third-order valence-electron chi connectivity index (χ3n) is 4.67. The molecule has 0 spiro atoms. The molecule has 0 aliphatic heterocycles. The minimum atomic E-state index is -0.706. The molecule has 0 bridgehead atoms. The van der Waals surface area contributed by atoms with Gasteiger partial charge in [0.05, 0.1) is 18.0 Å². The highest BCUT2D eigenvalue weighted by atomic mass is 16.5. The largest absolute Gasteiger partial charge is 0.461 e. The van der Waals surface area contributed by atoms with E-state index < -0.39 is 11.5 Å². The summed E-state index contributed by atoms with van der Waals surface area (Å²) in [5.74, 6) is -1.00. The highest BCUT2D eigenvalue weighted by Crippen LogP contribution is 2.15. The fourth-order valence-corrected chi connectivity index (χ4v) is 3.08. The molecule has 0 aliphatic rings. The topological polar surface area (TPSA) is 90.3 Å². The third kappa shape index (κ3) is 5.88. The Morgan fingerprint density at radius 3 is 2.45 bits per heavy atom. The van der Waals surface area contributed by atoms with Crippen molar-refractivity contribution in [1.29, 1.82) is 0 Å². The van der Waals surface area contributed by atoms with Crippen molar-refractivity contribution in [1.82, 2.24) is 9.78 Å². The van der Waals surface area contributed by atoms with Crippen LogP contribution in [0.5, 0.6) is 0 Å². The van der Waals surface area contributed by atoms with Gasteiger partial charge >= 0.3 is 5.97 Å². The van der Waals surface area contributed by atoms with Crippen LogP contribution in [0.25, 0.3) is 5.69 Å². The number of carbonyl (C=O) groups is 2. The predicted molar refractivity (Wildman–Crippen MR) is 119 cm³/mol. The summed E-state index contributed by atoms with van der Waals surface area (Å²) in [5, 5.41) is 6.84. The normalized spacial score (nSPS) is 10.5. The first-order valence-corrected chi connectivity index (χ1v) is 10.2. The van der Waals surface area contributed by atoms with Gasteiger partial charge in [-0.05, 0) is 44.4 Å². The van der Waals surface area contributed by atoms with E-state index >= 15 is 0 Å². The number of nitrogens with zero attached hydrogens (tertiary/aromatic N) is 2. The monoisotopic (exact) mass is 419 g/mol. The fourth-order valence-electron chi connectivity index (χ4n) is 3.08. The number of amides is 1. The van der Waals surface area contributed by atoms with E-state index in [0.717, 1.165) is 22.2 Å². The molecule has 1 aromatic heterocycles. The molecule has 0 saturated carbocycles. The zero-order valence-corrected chi connectivity index (χ0v) is 17.6. The van der Waals surface area contributed by atoms with Crippen molar-refractivity contribution in [3.8, 4) is 5.69 Å². The van der Waals surface area contributed by atoms with Gasteiger partial charge < -0.3 is 10.1 Å². The van der Waals surface area contributed by atoms with Gasteiger partial charge in [-0.3, -0.25) is 9.59 Å². The van der Waals surface area contributed by atoms with Gasteiger partial charge in [0.2, 0.25) is 5.91 Å². The van der Waals surface area contributed by atoms with Gasteiger partial charge in [0.15, 0.2) is 5.69 Å². The van der Waals surface area contributed by atoms with Crippen molar-refractivity contribution in [2.24, 2.45) is 0 Å². The first kappa shape index (κ1) is 22.0. The number of hydrogen-bond donors (Lipinski definition) is 1. The van der Waals surface area contributed by atoms with Gasteiger partial charge in [-0.15, -0.1) is 0 Å². The molecule has 0 aliphatic carbocycles. The number of carbonyl (C=O) groups excluding carboxylic acids is 2. The maximum absolute atomic E-state index is 12.6. The number of aryl methyl sites for hydroxylation is 2. The van der Waals surface area contributed by atoms with E-state index in [0.29, 0.717) is 12.1 Å². The third-order valence-corrected chi connectivity index (χ3v) is 4.67. The molecule has 2 aromatic carbocycles. The van der Waals surface area contributed by atoms with Crippen LogP contribution < -0.4 is 10.9 Å².